The van der Waals surface area contributed by atoms with E-state index >= 15 is 0 Å². The molecule has 0 saturated heterocycles. The van der Waals surface area contributed by atoms with Gasteiger partial charge in [-0.15, -0.1) is 6.58 Å². The highest BCUT2D eigenvalue weighted by Crippen LogP contribution is 2.33. The zero-order chi connectivity index (χ0) is 18.8. The van der Waals surface area contributed by atoms with Crippen LogP contribution in [0, 0.1) is 11.8 Å². The summed E-state index contributed by atoms with van der Waals surface area (Å²) >= 11 is 0. The lowest BCUT2D eigenvalue weighted by Crippen LogP contribution is -2.25. The number of benzene rings is 1. The first-order valence-electron chi connectivity index (χ1n) is 9.42. The van der Waals surface area contributed by atoms with Crippen LogP contribution < -0.4 is 4.74 Å². The quantitative estimate of drug-likeness (QED) is 0.216. The molecule has 0 unspecified atom stereocenters. The number of rotatable bonds is 9. The second kappa shape index (κ2) is 10.6. The summed E-state index contributed by atoms with van der Waals surface area (Å²) in [5.41, 5.74) is 0.754. The molecule has 0 atom stereocenters. The summed E-state index contributed by atoms with van der Waals surface area (Å²) in [5, 5.41) is 8.62. The van der Waals surface area contributed by atoms with Crippen molar-refractivity contribution in [3.8, 4) is 5.75 Å². The Kier molecular flexibility index (Phi) is 8.13. The van der Waals surface area contributed by atoms with Crippen molar-refractivity contribution < 1.29 is 19.4 Å². The molecule has 140 valence electrons. The molecule has 0 radical (unpaired) electrons. The molecule has 1 aromatic rings. The number of carbonyl (C=O) groups excluding carboxylic acids is 1. The van der Waals surface area contributed by atoms with Crippen molar-refractivity contribution in [1.82, 2.24) is 0 Å². The molecule has 1 N–H and O–H groups in total. The van der Waals surface area contributed by atoms with E-state index in [-0.39, 0.29) is 11.9 Å². The lowest BCUT2D eigenvalue weighted by molar-refractivity contribution is -0.140. The molecule has 1 aliphatic carbocycles. The van der Waals surface area contributed by atoms with Crippen LogP contribution in [0.25, 0.3) is 6.08 Å². The third-order valence-electron chi connectivity index (χ3n) is 4.97. The maximum atomic E-state index is 12.3. The second-order valence-corrected chi connectivity index (χ2v) is 6.95. The minimum absolute atomic E-state index is 0.00833. The average Bonchev–Trinajstić information content (AvgIpc) is 2.65. The molecule has 1 saturated carbocycles. The number of hydrogen-bond donors (Lipinski definition) is 1. The zero-order valence-corrected chi connectivity index (χ0v) is 15.2. The van der Waals surface area contributed by atoms with Crippen molar-refractivity contribution in [2.75, 3.05) is 0 Å². The predicted octanol–water partition coefficient (Wildman–Crippen LogP) is 5.24. The van der Waals surface area contributed by atoms with Gasteiger partial charge in [0, 0.05) is 6.08 Å². The van der Waals surface area contributed by atoms with Gasteiger partial charge in [-0.2, -0.15) is 0 Å². The number of ether oxygens (including phenoxy) is 1. The van der Waals surface area contributed by atoms with Crippen LogP contribution in [0.1, 0.15) is 56.9 Å². The van der Waals surface area contributed by atoms with Crippen LogP contribution in [0.4, 0.5) is 0 Å². The van der Waals surface area contributed by atoms with Crippen LogP contribution >= 0.6 is 0 Å². The fraction of sp³-hybridized carbons (Fsp3) is 0.455. The Morgan fingerprint density at radius 2 is 1.81 bits per heavy atom. The number of esters is 1. The summed E-state index contributed by atoms with van der Waals surface area (Å²) in [6.07, 6.45) is 13.4. The number of carboxylic acid groups (broad SMARTS) is 1. The maximum Gasteiger partial charge on any atom is 0.328 e. The van der Waals surface area contributed by atoms with Crippen molar-refractivity contribution >= 4 is 18.0 Å². The lowest BCUT2D eigenvalue weighted by Gasteiger charge is -2.27. The summed E-state index contributed by atoms with van der Waals surface area (Å²) in [4.78, 5) is 22.9. The van der Waals surface area contributed by atoms with Crippen molar-refractivity contribution in [2.24, 2.45) is 11.8 Å². The summed E-state index contributed by atoms with van der Waals surface area (Å²) in [5.74, 6) is 0.102. The highest BCUT2D eigenvalue weighted by atomic mass is 16.5. The molecule has 0 aromatic heterocycles. The largest absolute Gasteiger partial charge is 0.478 e. The monoisotopic (exact) mass is 356 g/mol. The molecule has 0 spiro atoms. The van der Waals surface area contributed by atoms with E-state index in [0.717, 1.165) is 49.7 Å². The van der Waals surface area contributed by atoms with Gasteiger partial charge in [0.1, 0.15) is 5.75 Å². The third-order valence-corrected chi connectivity index (χ3v) is 4.97. The zero-order valence-electron chi connectivity index (χ0n) is 15.2. The summed E-state index contributed by atoms with van der Waals surface area (Å²) in [7, 11) is 0. The number of aliphatic carboxylic acids is 1. The van der Waals surface area contributed by atoms with E-state index in [4.69, 9.17) is 9.84 Å². The van der Waals surface area contributed by atoms with Gasteiger partial charge >= 0.3 is 11.9 Å². The van der Waals surface area contributed by atoms with Gasteiger partial charge in [0.15, 0.2) is 0 Å². The first-order valence-corrected chi connectivity index (χ1v) is 9.42. The molecule has 2 rings (SSSR count). The Morgan fingerprint density at radius 3 is 2.42 bits per heavy atom. The highest BCUT2D eigenvalue weighted by molar-refractivity contribution is 5.85. The molecular formula is C22H28O4. The number of allylic oxidation sites excluding steroid dienone is 1. The second-order valence-electron chi connectivity index (χ2n) is 6.95. The Hall–Kier alpha value is -2.36. The molecule has 0 heterocycles. The number of carbonyl (C=O) groups is 2. The highest BCUT2D eigenvalue weighted by Gasteiger charge is 2.27. The first kappa shape index (κ1) is 20.0. The number of hydrogen-bond acceptors (Lipinski definition) is 3. The van der Waals surface area contributed by atoms with Crippen LogP contribution in [0.3, 0.4) is 0 Å². The Morgan fingerprint density at radius 1 is 1.12 bits per heavy atom. The molecular weight excluding hydrogens is 328 g/mol. The fourth-order valence-corrected chi connectivity index (χ4v) is 3.42. The van der Waals surface area contributed by atoms with E-state index in [9.17, 15) is 9.59 Å². The molecule has 26 heavy (non-hydrogen) atoms. The number of carboxylic acids is 1. The molecule has 1 fully saturated rings. The van der Waals surface area contributed by atoms with E-state index in [1.165, 1.54) is 25.3 Å². The molecule has 0 aliphatic heterocycles. The van der Waals surface area contributed by atoms with Crippen molar-refractivity contribution in [1.29, 1.82) is 0 Å². The summed E-state index contributed by atoms with van der Waals surface area (Å²) < 4.78 is 5.49. The van der Waals surface area contributed by atoms with Gasteiger partial charge in [0.2, 0.25) is 0 Å². The van der Waals surface area contributed by atoms with Gasteiger partial charge in [0.25, 0.3) is 0 Å². The van der Waals surface area contributed by atoms with E-state index in [2.05, 4.69) is 6.58 Å². The lowest BCUT2D eigenvalue weighted by atomic mass is 9.80. The van der Waals surface area contributed by atoms with Crippen LogP contribution in [0.2, 0.25) is 0 Å². The molecule has 0 bridgehead atoms. The SMILES string of the molecule is C=CCCCCC1CCC(C(=O)Oc2ccc(/C=C/C(=O)O)cc2)CC1. The third kappa shape index (κ3) is 6.87. The molecule has 1 aliphatic rings. The average molecular weight is 356 g/mol. The Balaban J connectivity index is 1.75. The van der Waals surface area contributed by atoms with Gasteiger partial charge in [-0.1, -0.05) is 31.1 Å². The smallest absolute Gasteiger partial charge is 0.328 e. The predicted molar refractivity (Wildman–Crippen MR) is 103 cm³/mol. The molecule has 4 heteroatoms. The Labute approximate surface area is 155 Å². The topological polar surface area (TPSA) is 63.6 Å². The van der Waals surface area contributed by atoms with E-state index in [1.54, 1.807) is 24.3 Å². The van der Waals surface area contributed by atoms with Gasteiger partial charge in [0.05, 0.1) is 5.92 Å². The van der Waals surface area contributed by atoms with Gasteiger partial charge in [-0.3, -0.25) is 4.79 Å². The van der Waals surface area contributed by atoms with Gasteiger partial charge in [-0.25, -0.2) is 4.79 Å². The van der Waals surface area contributed by atoms with Crippen molar-refractivity contribution in [3.63, 3.8) is 0 Å². The van der Waals surface area contributed by atoms with Crippen LogP contribution in [0.15, 0.2) is 43.0 Å². The van der Waals surface area contributed by atoms with Gasteiger partial charge < -0.3 is 9.84 Å². The van der Waals surface area contributed by atoms with E-state index < -0.39 is 5.97 Å². The first-order chi connectivity index (χ1) is 12.6. The Bertz CT molecular complexity index is 622. The fourth-order valence-electron chi connectivity index (χ4n) is 3.42. The molecule has 4 nitrogen and oxygen atoms in total. The van der Waals surface area contributed by atoms with E-state index in [1.807, 2.05) is 6.08 Å². The molecule has 1 aromatic carbocycles. The maximum absolute atomic E-state index is 12.3. The molecule has 0 amide bonds. The van der Waals surface area contributed by atoms with Crippen LogP contribution in [0.5, 0.6) is 5.75 Å². The van der Waals surface area contributed by atoms with E-state index in [0.29, 0.717) is 5.75 Å². The van der Waals surface area contributed by atoms with Crippen molar-refractivity contribution in [3.05, 3.63) is 48.6 Å². The van der Waals surface area contributed by atoms with Crippen molar-refractivity contribution in [2.45, 2.75) is 51.4 Å². The van der Waals surface area contributed by atoms with Gasteiger partial charge in [-0.05, 0) is 68.2 Å². The minimum atomic E-state index is -0.989. The number of unbranched alkanes of at least 4 members (excludes halogenated alkanes) is 2. The minimum Gasteiger partial charge on any atom is -0.478 e. The van der Waals surface area contributed by atoms with Crippen LogP contribution in [-0.2, 0) is 9.59 Å². The normalized spacial score (nSPS) is 20.0. The standard InChI is InChI=1S/C22H28O4/c1-2-3-4-5-6-17-7-12-19(13-8-17)22(25)26-20-14-9-18(10-15-20)11-16-21(23)24/h2,9-11,14-17,19H,1,3-8,12-13H2,(H,23,24)/b16-11+. The summed E-state index contributed by atoms with van der Waals surface area (Å²) in [6.45, 7) is 3.75. The van der Waals surface area contributed by atoms with Crippen LogP contribution in [-0.4, -0.2) is 17.0 Å². The summed E-state index contributed by atoms with van der Waals surface area (Å²) in [6, 6.07) is 6.87.